The van der Waals surface area contributed by atoms with Crippen molar-refractivity contribution in [1.29, 1.82) is 0 Å². The standard InChI is InChI=1S/C16H18ClNO5S2/c1-12-15(17)5-2-6-16(12)25(21,22)18-8-7-14(10-18)24(19,20)11-13-4-3-9-23-13/h2-6,9,14H,7-8,10-11H2,1H3/t14-/m1/s1. The second-order valence-electron chi connectivity index (χ2n) is 6.02. The molecule has 9 heteroatoms. The molecule has 1 aromatic heterocycles. The van der Waals surface area contributed by atoms with Crippen molar-refractivity contribution in [3.8, 4) is 0 Å². The van der Waals surface area contributed by atoms with E-state index in [0.717, 1.165) is 0 Å². The van der Waals surface area contributed by atoms with Crippen molar-refractivity contribution in [2.45, 2.75) is 29.2 Å². The molecule has 25 heavy (non-hydrogen) atoms. The molecule has 0 saturated carbocycles. The third-order valence-corrected chi connectivity index (χ3v) is 8.88. The number of sulfone groups is 1. The monoisotopic (exact) mass is 403 g/mol. The molecule has 0 amide bonds. The molecule has 0 radical (unpaired) electrons. The first-order valence-corrected chi connectivity index (χ1v) is 11.2. The van der Waals surface area contributed by atoms with Crippen molar-refractivity contribution in [3.63, 3.8) is 0 Å². The third kappa shape index (κ3) is 3.62. The Morgan fingerprint density at radius 2 is 1.96 bits per heavy atom. The Morgan fingerprint density at radius 1 is 1.20 bits per heavy atom. The molecule has 3 rings (SSSR count). The molecule has 0 bridgehead atoms. The van der Waals surface area contributed by atoms with Crippen LogP contribution in [0.25, 0.3) is 0 Å². The topological polar surface area (TPSA) is 84.7 Å². The lowest BCUT2D eigenvalue weighted by molar-refractivity contribution is 0.475. The smallest absolute Gasteiger partial charge is 0.243 e. The second-order valence-corrected chi connectivity index (χ2v) is 10.6. The van der Waals surface area contributed by atoms with E-state index in [4.69, 9.17) is 16.0 Å². The summed E-state index contributed by atoms with van der Waals surface area (Å²) in [4.78, 5) is 0.115. The van der Waals surface area contributed by atoms with E-state index in [-0.39, 0.29) is 30.2 Å². The zero-order valence-corrected chi connectivity index (χ0v) is 15.9. The van der Waals surface area contributed by atoms with Crippen LogP contribution in [0.15, 0.2) is 45.9 Å². The van der Waals surface area contributed by atoms with Gasteiger partial charge in [0.2, 0.25) is 10.0 Å². The van der Waals surface area contributed by atoms with Crippen molar-refractivity contribution in [3.05, 3.63) is 52.9 Å². The van der Waals surface area contributed by atoms with Gasteiger partial charge >= 0.3 is 0 Å². The molecule has 1 aliphatic rings. The van der Waals surface area contributed by atoms with Crippen molar-refractivity contribution in [2.24, 2.45) is 0 Å². The minimum Gasteiger partial charge on any atom is -0.468 e. The van der Waals surface area contributed by atoms with Crippen LogP contribution in [0.2, 0.25) is 5.02 Å². The van der Waals surface area contributed by atoms with E-state index < -0.39 is 25.1 Å². The Morgan fingerprint density at radius 3 is 2.64 bits per heavy atom. The average Bonchev–Trinajstić information content (AvgIpc) is 3.21. The summed E-state index contributed by atoms with van der Waals surface area (Å²) in [6.07, 6.45) is 1.68. The number of benzene rings is 1. The van der Waals surface area contributed by atoms with Gasteiger partial charge in [-0.05, 0) is 43.2 Å². The average molecular weight is 404 g/mol. The predicted octanol–water partition coefficient (Wildman–Crippen LogP) is 2.62. The zero-order chi connectivity index (χ0) is 18.2. The number of halogens is 1. The Hall–Kier alpha value is -1.35. The highest BCUT2D eigenvalue weighted by Gasteiger charge is 2.39. The van der Waals surface area contributed by atoms with Crippen LogP contribution in [-0.4, -0.2) is 39.5 Å². The first kappa shape index (κ1) is 18.4. The number of sulfonamides is 1. The lowest BCUT2D eigenvalue weighted by Gasteiger charge is -2.18. The molecule has 0 aliphatic carbocycles. The minimum atomic E-state index is -3.79. The van der Waals surface area contributed by atoms with Gasteiger partial charge in [0, 0.05) is 18.1 Å². The maximum atomic E-state index is 12.9. The van der Waals surface area contributed by atoms with Gasteiger partial charge < -0.3 is 4.42 Å². The largest absolute Gasteiger partial charge is 0.468 e. The van der Waals surface area contributed by atoms with Crippen LogP contribution >= 0.6 is 11.6 Å². The highest BCUT2D eigenvalue weighted by atomic mass is 35.5. The summed E-state index contributed by atoms with van der Waals surface area (Å²) in [5.74, 6) is 0.126. The van der Waals surface area contributed by atoms with Gasteiger partial charge in [-0.1, -0.05) is 17.7 Å². The molecule has 1 saturated heterocycles. The molecule has 2 heterocycles. The lowest BCUT2D eigenvalue weighted by Crippen LogP contribution is -2.32. The Balaban J connectivity index is 1.81. The van der Waals surface area contributed by atoms with E-state index in [1.54, 1.807) is 31.2 Å². The summed E-state index contributed by atoms with van der Waals surface area (Å²) in [6.45, 7) is 1.74. The first-order chi connectivity index (χ1) is 11.7. The van der Waals surface area contributed by atoms with Gasteiger partial charge in [-0.2, -0.15) is 4.31 Å². The molecular formula is C16H18ClNO5S2. The van der Waals surface area contributed by atoms with Gasteiger partial charge in [-0.25, -0.2) is 16.8 Å². The van der Waals surface area contributed by atoms with Crippen LogP contribution in [0, 0.1) is 6.92 Å². The summed E-state index contributed by atoms with van der Waals surface area (Å²) in [6, 6.07) is 7.90. The molecule has 136 valence electrons. The molecule has 1 aliphatic heterocycles. The van der Waals surface area contributed by atoms with Crippen LogP contribution in [0.3, 0.4) is 0 Å². The highest BCUT2D eigenvalue weighted by Crippen LogP contribution is 2.30. The molecule has 1 aromatic carbocycles. The number of rotatable bonds is 5. The molecule has 1 fully saturated rings. The minimum absolute atomic E-state index is 0.0582. The molecule has 0 unspecified atom stereocenters. The number of hydrogen-bond donors (Lipinski definition) is 0. The molecule has 2 aromatic rings. The van der Waals surface area contributed by atoms with Crippen molar-refractivity contribution in [2.75, 3.05) is 13.1 Å². The van der Waals surface area contributed by atoms with Crippen LogP contribution < -0.4 is 0 Å². The Labute approximate surface area is 152 Å². The van der Waals surface area contributed by atoms with Gasteiger partial charge in [-0.15, -0.1) is 0 Å². The van der Waals surface area contributed by atoms with Gasteiger partial charge in [0.15, 0.2) is 9.84 Å². The quantitative estimate of drug-likeness (QED) is 0.766. The zero-order valence-electron chi connectivity index (χ0n) is 13.6. The van der Waals surface area contributed by atoms with E-state index in [1.807, 2.05) is 0 Å². The lowest BCUT2D eigenvalue weighted by atomic mass is 10.2. The summed E-state index contributed by atoms with van der Waals surface area (Å²) in [5.41, 5.74) is 0.464. The van der Waals surface area contributed by atoms with E-state index in [9.17, 15) is 16.8 Å². The number of furan rings is 1. The fraction of sp³-hybridized carbons (Fsp3) is 0.375. The maximum absolute atomic E-state index is 12.9. The third-order valence-electron chi connectivity index (χ3n) is 4.37. The summed E-state index contributed by atoms with van der Waals surface area (Å²) < 4.78 is 57.1. The van der Waals surface area contributed by atoms with E-state index in [1.165, 1.54) is 16.6 Å². The predicted molar refractivity (Wildman–Crippen MR) is 94.7 cm³/mol. The van der Waals surface area contributed by atoms with E-state index >= 15 is 0 Å². The van der Waals surface area contributed by atoms with Crippen LogP contribution in [-0.2, 0) is 25.6 Å². The fourth-order valence-electron chi connectivity index (χ4n) is 2.93. The SMILES string of the molecule is Cc1c(Cl)cccc1S(=O)(=O)N1CC[C@@H](S(=O)(=O)Cc2ccco2)C1. The molecule has 0 spiro atoms. The van der Waals surface area contributed by atoms with Crippen molar-refractivity contribution >= 4 is 31.5 Å². The van der Waals surface area contributed by atoms with Crippen LogP contribution in [0.5, 0.6) is 0 Å². The number of hydrogen-bond acceptors (Lipinski definition) is 5. The van der Waals surface area contributed by atoms with Crippen molar-refractivity contribution in [1.82, 2.24) is 4.31 Å². The van der Waals surface area contributed by atoms with E-state index in [0.29, 0.717) is 16.3 Å². The van der Waals surface area contributed by atoms with Gasteiger partial charge in [0.05, 0.1) is 16.4 Å². The number of nitrogens with zero attached hydrogens (tertiary/aromatic N) is 1. The normalized spacial score (nSPS) is 19.4. The summed E-state index contributed by atoms with van der Waals surface area (Å²) in [5, 5.41) is -0.380. The van der Waals surface area contributed by atoms with Gasteiger partial charge in [0.1, 0.15) is 11.5 Å². The highest BCUT2D eigenvalue weighted by molar-refractivity contribution is 7.91. The van der Waals surface area contributed by atoms with Crippen molar-refractivity contribution < 1.29 is 21.3 Å². The summed E-state index contributed by atoms with van der Waals surface area (Å²) in [7, 11) is -7.29. The maximum Gasteiger partial charge on any atom is 0.243 e. The molecule has 6 nitrogen and oxygen atoms in total. The second kappa shape index (κ2) is 6.75. The first-order valence-electron chi connectivity index (χ1n) is 7.71. The molecule has 1 atom stereocenters. The Bertz CT molecular complexity index is 968. The van der Waals surface area contributed by atoms with E-state index in [2.05, 4.69) is 0 Å². The molecular weight excluding hydrogens is 386 g/mol. The van der Waals surface area contributed by atoms with Crippen LogP contribution in [0.4, 0.5) is 0 Å². The Kier molecular flexibility index (Phi) is 4.98. The van der Waals surface area contributed by atoms with Gasteiger partial charge in [-0.3, -0.25) is 0 Å². The van der Waals surface area contributed by atoms with Crippen LogP contribution in [0.1, 0.15) is 17.7 Å². The molecule has 0 N–H and O–H groups in total. The fourth-order valence-corrected chi connectivity index (χ4v) is 6.67. The summed E-state index contributed by atoms with van der Waals surface area (Å²) >= 11 is 6.02. The van der Waals surface area contributed by atoms with Gasteiger partial charge in [0.25, 0.3) is 0 Å².